The van der Waals surface area contributed by atoms with E-state index in [1.165, 1.54) is 0 Å². The summed E-state index contributed by atoms with van der Waals surface area (Å²) < 4.78 is 38.2. The van der Waals surface area contributed by atoms with Crippen LogP contribution in [0, 0.1) is 30.6 Å². The lowest BCUT2D eigenvalue weighted by molar-refractivity contribution is -0.137. The number of benzene rings is 2. The van der Waals surface area contributed by atoms with Crippen molar-refractivity contribution in [1.82, 2.24) is 5.32 Å². The number of carbonyl (C=O) groups is 1. The van der Waals surface area contributed by atoms with E-state index in [2.05, 4.69) is 11.4 Å². The Hall–Kier alpha value is -3.07. The molecule has 0 radical (unpaired) electrons. The van der Waals surface area contributed by atoms with E-state index >= 15 is 0 Å². The number of nitriles is 1. The van der Waals surface area contributed by atoms with E-state index in [1.807, 2.05) is 52.8 Å². The Morgan fingerprint density at radius 2 is 1.45 bits per heavy atom. The van der Waals surface area contributed by atoms with Crippen LogP contribution < -0.4 is 5.32 Å². The van der Waals surface area contributed by atoms with Crippen molar-refractivity contribution < 1.29 is 18.0 Å². The molecule has 0 bridgehead atoms. The Morgan fingerprint density at radius 1 is 0.931 bits per heavy atom. The summed E-state index contributed by atoms with van der Waals surface area (Å²) in [5, 5.41) is 12.6. The van der Waals surface area contributed by atoms with Gasteiger partial charge in [0.2, 0.25) is 0 Å². The van der Waals surface area contributed by atoms with Gasteiger partial charge in [-0.3, -0.25) is 4.79 Å². The van der Waals surface area contributed by atoms with Gasteiger partial charge in [0.15, 0.2) is 0 Å². The molecule has 0 saturated heterocycles. The lowest BCUT2D eigenvalue weighted by Crippen LogP contribution is -2.31. The van der Waals surface area contributed by atoms with Gasteiger partial charge in [-0.05, 0) is 43.7 Å². The number of halogens is 3. The standard InChI is InChI=1S/C23H23F3N2O/c1-14-10-15(2)12-17(11-14)19(13-27)20(22(3,4)5)28-21(29)16-6-8-18(9-7-16)23(24,25)26/h6-12H,1-5H3,(H,28,29)/b20-19-. The molecule has 0 aromatic heterocycles. The highest BCUT2D eigenvalue weighted by molar-refractivity contribution is 5.97. The Balaban J connectivity index is 2.49. The van der Waals surface area contributed by atoms with Crippen LogP contribution in [0.4, 0.5) is 13.2 Å². The summed E-state index contributed by atoms with van der Waals surface area (Å²) in [6.07, 6.45) is -4.47. The number of hydrogen-bond donors (Lipinski definition) is 1. The summed E-state index contributed by atoms with van der Waals surface area (Å²) in [6.45, 7) is 9.41. The Labute approximate surface area is 168 Å². The molecule has 2 aromatic rings. The largest absolute Gasteiger partial charge is 0.416 e. The first-order valence-corrected chi connectivity index (χ1v) is 9.05. The first-order valence-electron chi connectivity index (χ1n) is 9.05. The van der Waals surface area contributed by atoms with Gasteiger partial charge in [-0.15, -0.1) is 0 Å². The summed E-state index contributed by atoms with van der Waals surface area (Å²) >= 11 is 0. The number of nitrogens with one attached hydrogen (secondary N) is 1. The molecule has 0 atom stereocenters. The predicted molar refractivity (Wildman–Crippen MR) is 107 cm³/mol. The number of aryl methyl sites for hydroxylation is 2. The van der Waals surface area contributed by atoms with Crippen LogP contribution in [0.25, 0.3) is 5.57 Å². The van der Waals surface area contributed by atoms with Crippen molar-refractivity contribution in [1.29, 1.82) is 5.26 Å². The summed E-state index contributed by atoms with van der Waals surface area (Å²) in [7, 11) is 0. The van der Waals surface area contributed by atoms with Gasteiger partial charge in [0.05, 0.1) is 11.1 Å². The van der Waals surface area contributed by atoms with Crippen LogP contribution in [0.2, 0.25) is 0 Å². The molecule has 0 saturated carbocycles. The molecule has 29 heavy (non-hydrogen) atoms. The molecular weight excluding hydrogens is 377 g/mol. The summed E-state index contributed by atoms with van der Waals surface area (Å²) in [5.41, 5.74) is 2.06. The second-order valence-electron chi connectivity index (χ2n) is 8.02. The molecule has 0 fully saturated rings. The quantitative estimate of drug-likeness (QED) is 0.639. The highest BCUT2D eigenvalue weighted by atomic mass is 19.4. The van der Waals surface area contributed by atoms with Crippen LogP contribution in [0.3, 0.4) is 0 Å². The maximum atomic E-state index is 12.7. The van der Waals surface area contributed by atoms with Gasteiger partial charge in [0.1, 0.15) is 6.07 Å². The second kappa shape index (κ2) is 8.12. The first kappa shape index (κ1) is 22.2. The molecule has 1 amide bonds. The Bertz CT molecular complexity index is 969. The zero-order chi connectivity index (χ0) is 22.0. The summed E-state index contributed by atoms with van der Waals surface area (Å²) in [6, 6.07) is 11.9. The average molecular weight is 400 g/mol. The van der Waals surface area contributed by atoms with Crippen LogP contribution >= 0.6 is 0 Å². The van der Waals surface area contributed by atoms with E-state index in [4.69, 9.17) is 0 Å². The molecule has 0 aliphatic carbocycles. The van der Waals surface area contributed by atoms with E-state index in [1.54, 1.807) is 0 Å². The van der Waals surface area contributed by atoms with Crippen molar-refractivity contribution >= 4 is 11.5 Å². The van der Waals surface area contributed by atoms with Gasteiger partial charge >= 0.3 is 6.18 Å². The summed E-state index contributed by atoms with van der Waals surface area (Å²) in [4.78, 5) is 12.7. The third kappa shape index (κ3) is 5.47. The van der Waals surface area contributed by atoms with Crippen LogP contribution in [-0.2, 0) is 6.18 Å². The van der Waals surface area contributed by atoms with Crippen molar-refractivity contribution in [2.75, 3.05) is 0 Å². The third-order valence-electron chi connectivity index (χ3n) is 4.34. The Kier molecular flexibility index (Phi) is 6.22. The topological polar surface area (TPSA) is 52.9 Å². The monoisotopic (exact) mass is 400 g/mol. The number of carbonyl (C=O) groups excluding carboxylic acids is 1. The number of hydrogen-bond acceptors (Lipinski definition) is 2. The van der Waals surface area contributed by atoms with Crippen molar-refractivity contribution in [2.45, 2.75) is 40.8 Å². The first-order chi connectivity index (χ1) is 13.3. The fourth-order valence-electron chi connectivity index (χ4n) is 3.01. The number of nitrogens with zero attached hydrogens (tertiary/aromatic N) is 1. The second-order valence-corrected chi connectivity index (χ2v) is 8.02. The smallest absolute Gasteiger partial charge is 0.324 e. The molecule has 0 aliphatic rings. The molecule has 3 nitrogen and oxygen atoms in total. The maximum Gasteiger partial charge on any atom is 0.416 e. The highest BCUT2D eigenvalue weighted by Gasteiger charge is 2.30. The van der Waals surface area contributed by atoms with E-state index in [9.17, 15) is 23.2 Å². The fraction of sp³-hybridized carbons (Fsp3) is 0.304. The van der Waals surface area contributed by atoms with Gasteiger partial charge < -0.3 is 5.32 Å². The molecule has 6 heteroatoms. The van der Waals surface area contributed by atoms with Gasteiger partial charge in [-0.2, -0.15) is 18.4 Å². The minimum Gasteiger partial charge on any atom is -0.324 e. The summed E-state index contributed by atoms with van der Waals surface area (Å²) in [5.74, 6) is -0.569. The average Bonchev–Trinajstić information content (AvgIpc) is 2.59. The van der Waals surface area contributed by atoms with Crippen molar-refractivity contribution in [2.24, 2.45) is 5.41 Å². The van der Waals surface area contributed by atoms with Crippen LogP contribution in [0.5, 0.6) is 0 Å². The normalized spacial score (nSPS) is 12.8. The third-order valence-corrected chi connectivity index (χ3v) is 4.34. The van der Waals surface area contributed by atoms with Crippen molar-refractivity contribution in [3.8, 4) is 6.07 Å². The van der Waals surface area contributed by atoms with Gasteiger partial charge in [-0.25, -0.2) is 0 Å². The molecule has 0 unspecified atom stereocenters. The fourth-order valence-corrected chi connectivity index (χ4v) is 3.01. The molecule has 0 spiro atoms. The van der Waals surface area contributed by atoms with E-state index in [-0.39, 0.29) is 5.56 Å². The van der Waals surface area contributed by atoms with Gasteiger partial charge in [0, 0.05) is 16.7 Å². The van der Waals surface area contributed by atoms with Crippen LogP contribution in [0.1, 0.15) is 53.4 Å². The molecule has 2 aromatic carbocycles. The number of alkyl halides is 3. The zero-order valence-electron chi connectivity index (χ0n) is 17.0. The number of amides is 1. The highest BCUT2D eigenvalue weighted by Crippen LogP contribution is 2.32. The minimum absolute atomic E-state index is 0.0810. The molecule has 2 rings (SSSR count). The Morgan fingerprint density at radius 3 is 1.86 bits per heavy atom. The predicted octanol–water partition coefficient (Wildman–Crippen LogP) is 6.03. The van der Waals surface area contributed by atoms with E-state index in [0.717, 1.165) is 35.4 Å². The van der Waals surface area contributed by atoms with E-state index in [0.29, 0.717) is 16.8 Å². The van der Waals surface area contributed by atoms with Crippen LogP contribution in [0.15, 0.2) is 48.2 Å². The SMILES string of the molecule is Cc1cc(C)cc(/C(C#N)=C(\NC(=O)c2ccc(C(F)(F)F)cc2)C(C)(C)C)c1. The van der Waals surface area contributed by atoms with Gasteiger partial charge in [-0.1, -0.05) is 50.1 Å². The molecule has 0 aliphatic heterocycles. The minimum atomic E-state index is -4.47. The number of allylic oxidation sites excluding steroid dienone is 2. The molecule has 0 heterocycles. The molecular formula is C23H23F3N2O. The van der Waals surface area contributed by atoms with Gasteiger partial charge in [0.25, 0.3) is 5.91 Å². The lowest BCUT2D eigenvalue weighted by Gasteiger charge is -2.26. The lowest BCUT2D eigenvalue weighted by atomic mass is 9.86. The molecule has 152 valence electrons. The number of rotatable bonds is 3. The van der Waals surface area contributed by atoms with E-state index < -0.39 is 23.1 Å². The molecule has 1 N–H and O–H groups in total. The van der Waals surface area contributed by atoms with Crippen LogP contribution in [-0.4, -0.2) is 5.91 Å². The maximum absolute atomic E-state index is 12.7. The van der Waals surface area contributed by atoms with Crippen molar-refractivity contribution in [3.05, 3.63) is 76.0 Å². The van der Waals surface area contributed by atoms with Crippen molar-refractivity contribution in [3.63, 3.8) is 0 Å². The zero-order valence-corrected chi connectivity index (χ0v) is 17.0.